The first-order chi connectivity index (χ1) is 32.7. The molecule has 68 heavy (non-hydrogen) atoms. The van der Waals surface area contributed by atoms with E-state index in [9.17, 15) is 36.5 Å². The maximum absolute atomic E-state index is 14.7. The maximum atomic E-state index is 14.7. The fourth-order valence-corrected chi connectivity index (χ4v) is 10.2. The third-order valence-corrected chi connectivity index (χ3v) is 14.0. The molecule has 19 heteroatoms. The SMILES string of the molecule is CCOc1ccc(C(=O)N2CCN(c3ccc(-c4cccnc4OCC)nc3CN(CCCCCCCCCCCCCCCN)S(=O)(=O)c3ccccc3[N+](=O)[O-])C(CC)C2)c(C(F)(F)F)n1. The summed E-state index contributed by atoms with van der Waals surface area (Å²) in [5.41, 5.74) is 5.02. The number of alkyl halides is 3. The van der Waals surface area contributed by atoms with Gasteiger partial charge in [0.2, 0.25) is 21.8 Å². The van der Waals surface area contributed by atoms with Gasteiger partial charge in [-0.15, -0.1) is 0 Å². The molecule has 0 spiro atoms. The molecule has 372 valence electrons. The molecule has 1 atom stereocenters. The molecule has 1 saturated heterocycles. The molecule has 0 aliphatic carbocycles. The highest BCUT2D eigenvalue weighted by atomic mass is 32.2. The second-order valence-electron chi connectivity index (χ2n) is 16.9. The van der Waals surface area contributed by atoms with Crippen LogP contribution in [0.1, 0.15) is 132 Å². The van der Waals surface area contributed by atoms with E-state index in [1.807, 2.05) is 24.8 Å². The average molecular weight is 969 g/mol. The Morgan fingerprint density at radius 1 is 0.838 bits per heavy atom. The summed E-state index contributed by atoms with van der Waals surface area (Å²) in [6, 6.07) is 14.3. The number of piperazine rings is 1. The lowest BCUT2D eigenvalue weighted by Crippen LogP contribution is -2.55. The number of hydrogen-bond acceptors (Lipinski definition) is 12. The number of sulfonamides is 1. The molecule has 2 N–H and O–H groups in total. The normalized spacial score (nSPS) is 14.4. The number of aromatic nitrogens is 3. The number of para-hydroxylation sites is 1. The number of rotatable bonds is 28. The highest BCUT2D eigenvalue weighted by Gasteiger charge is 2.41. The molecular weight excluding hydrogens is 902 g/mol. The minimum atomic E-state index is -4.92. The summed E-state index contributed by atoms with van der Waals surface area (Å²) in [5.74, 6) is -0.744. The maximum Gasteiger partial charge on any atom is 0.434 e. The molecule has 1 aromatic carbocycles. The van der Waals surface area contributed by atoms with Crippen molar-refractivity contribution >= 4 is 27.3 Å². The van der Waals surface area contributed by atoms with E-state index in [-0.39, 0.29) is 45.2 Å². The number of nitrogens with zero attached hydrogens (tertiary/aromatic N) is 7. The molecule has 3 aromatic heterocycles. The Bertz CT molecular complexity index is 2360. The number of benzene rings is 1. The standard InChI is InChI=1S/C49H67F3N8O7S/c1-4-37-35-57(48(61)39-26-29-45(66-5-2)56-46(39)49(50,51)52)33-34-59(37)42-28-27-40(38-23-22-31-54-47(38)67-6-3)55-41(42)36-58(68(64,65)44-25-19-18-24-43(44)60(62)63)32-21-17-15-13-11-9-7-8-10-12-14-16-20-30-53/h18-19,22-29,31,37H,4-17,20-21,30,32-36,53H2,1-3H3. The number of nitro groups is 1. The smallest absolute Gasteiger partial charge is 0.434 e. The van der Waals surface area contributed by atoms with Crippen LogP contribution in [0.3, 0.4) is 0 Å². The molecule has 0 saturated carbocycles. The van der Waals surface area contributed by atoms with Gasteiger partial charge in [0.15, 0.2) is 10.6 Å². The number of amides is 1. The minimum Gasteiger partial charge on any atom is -0.478 e. The number of nitrogens with two attached hydrogens (primary N) is 1. The first-order valence-electron chi connectivity index (χ1n) is 24.0. The lowest BCUT2D eigenvalue weighted by molar-refractivity contribution is -0.387. The number of carbonyl (C=O) groups excluding carboxylic acids is 1. The lowest BCUT2D eigenvalue weighted by Gasteiger charge is -2.43. The monoisotopic (exact) mass is 968 g/mol. The van der Waals surface area contributed by atoms with Crippen molar-refractivity contribution in [1.82, 2.24) is 24.2 Å². The van der Waals surface area contributed by atoms with Gasteiger partial charge in [-0.2, -0.15) is 17.5 Å². The zero-order valence-corrected chi connectivity index (χ0v) is 40.4. The summed E-state index contributed by atoms with van der Waals surface area (Å²) in [7, 11) is -4.50. The Balaban J connectivity index is 1.44. The van der Waals surface area contributed by atoms with Gasteiger partial charge in [-0.25, -0.2) is 23.4 Å². The number of hydrogen-bond donors (Lipinski definition) is 1. The van der Waals surface area contributed by atoms with Crippen LogP contribution < -0.4 is 20.1 Å². The molecule has 1 aliphatic rings. The van der Waals surface area contributed by atoms with Crippen molar-refractivity contribution < 1.29 is 40.8 Å². The highest BCUT2D eigenvalue weighted by Crippen LogP contribution is 2.36. The van der Waals surface area contributed by atoms with Crippen LogP contribution in [0.5, 0.6) is 11.8 Å². The number of halogens is 3. The van der Waals surface area contributed by atoms with Gasteiger partial charge in [0.25, 0.3) is 11.6 Å². The molecule has 15 nitrogen and oxygen atoms in total. The molecule has 0 bridgehead atoms. The van der Waals surface area contributed by atoms with E-state index in [1.165, 1.54) is 78.1 Å². The van der Waals surface area contributed by atoms with Crippen LogP contribution in [0.2, 0.25) is 0 Å². The Hall–Kier alpha value is -5.40. The van der Waals surface area contributed by atoms with Crippen molar-refractivity contribution in [2.45, 2.75) is 134 Å². The first kappa shape index (κ1) is 53.6. The van der Waals surface area contributed by atoms with Gasteiger partial charge in [0.05, 0.1) is 52.9 Å². The highest BCUT2D eigenvalue weighted by molar-refractivity contribution is 7.89. The van der Waals surface area contributed by atoms with Crippen LogP contribution in [0.15, 0.2) is 71.8 Å². The lowest BCUT2D eigenvalue weighted by atomic mass is 10.0. The van der Waals surface area contributed by atoms with Crippen molar-refractivity contribution in [3.8, 4) is 23.0 Å². The van der Waals surface area contributed by atoms with E-state index in [4.69, 9.17) is 20.2 Å². The first-order valence-corrected chi connectivity index (χ1v) is 25.5. The Kier molecular flexibility index (Phi) is 20.8. The molecule has 1 fully saturated rings. The van der Waals surface area contributed by atoms with Gasteiger partial charge >= 0.3 is 6.18 Å². The van der Waals surface area contributed by atoms with Crippen LogP contribution in [-0.2, 0) is 22.7 Å². The van der Waals surface area contributed by atoms with Crippen molar-refractivity contribution in [3.05, 3.63) is 93.9 Å². The fraction of sp³-hybridized carbons (Fsp3) is 0.551. The van der Waals surface area contributed by atoms with E-state index in [1.54, 1.807) is 31.3 Å². The third-order valence-electron chi connectivity index (χ3n) is 12.1. The number of unbranched alkanes of at least 4 members (excludes halogenated alkanes) is 12. The van der Waals surface area contributed by atoms with Gasteiger partial charge < -0.3 is 25.0 Å². The quantitative estimate of drug-likeness (QED) is 0.0323. The van der Waals surface area contributed by atoms with Crippen LogP contribution in [0.25, 0.3) is 11.3 Å². The van der Waals surface area contributed by atoms with Crippen molar-refractivity contribution in [3.63, 3.8) is 0 Å². The summed E-state index contributed by atoms with van der Waals surface area (Å²) >= 11 is 0. The summed E-state index contributed by atoms with van der Waals surface area (Å²) in [4.78, 5) is 41.5. The molecule has 1 amide bonds. The zero-order chi connectivity index (χ0) is 49.1. The van der Waals surface area contributed by atoms with E-state index in [0.29, 0.717) is 48.0 Å². The van der Waals surface area contributed by atoms with Gasteiger partial charge in [0, 0.05) is 50.6 Å². The van der Waals surface area contributed by atoms with Gasteiger partial charge in [0.1, 0.15) is 0 Å². The van der Waals surface area contributed by atoms with Crippen LogP contribution >= 0.6 is 0 Å². The van der Waals surface area contributed by atoms with Crippen molar-refractivity contribution in [2.24, 2.45) is 5.73 Å². The van der Waals surface area contributed by atoms with Gasteiger partial charge in [-0.1, -0.05) is 89.7 Å². The minimum absolute atomic E-state index is 0.0333. The predicted octanol–water partition coefficient (Wildman–Crippen LogP) is 10.2. The topological polar surface area (TPSA) is 187 Å². The Morgan fingerprint density at radius 2 is 1.49 bits per heavy atom. The summed E-state index contributed by atoms with van der Waals surface area (Å²) < 4.78 is 84.6. The average Bonchev–Trinajstić information content (AvgIpc) is 3.33. The number of carbonyl (C=O) groups is 1. The molecule has 1 unspecified atom stereocenters. The van der Waals surface area contributed by atoms with Crippen molar-refractivity contribution in [2.75, 3.05) is 50.8 Å². The number of ether oxygens (including phenoxy) is 2. The van der Waals surface area contributed by atoms with Crippen LogP contribution in [0, 0.1) is 10.1 Å². The van der Waals surface area contributed by atoms with E-state index >= 15 is 0 Å². The second-order valence-corrected chi connectivity index (χ2v) is 18.8. The summed E-state index contributed by atoms with van der Waals surface area (Å²) in [5, 5.41) is 12.2. The third kappa shape index (κ3) is 14.6. The van der Waals surface area contributed by atoms with E-state index < -0.39 is 54.9 Å². The molecule has 0 radical (unpaired) electrons. The van der Waals surface area contributed by atoms with Gasteiger partial charge in [-0.05, 0) is 76.1 Å². The number of anilines is 1. The van der Waals surface area contributed by atoms with Gasteiger partial charge in [-0.3, -0.25) is 14.9 Å². The Labute approximate surface area is 398 Å². The van der Waals surface area contributed by atoms with E-state index in [2.05, 4.69) is 9.97 Å². The van der Waals surface area contributed by atoms with E-state index in [0.717, 1.165) is 51.1 Å². The molecule has 4 heterocycles. The van der Waals surface area contributed by atoms with Crippen LogP contribution in [0.4, 0.5) is 24.5 Å². The molecular formula is C49H67F3N8O7S. The largest absolute Gasteiger partial charge is 0.478 e. The number of nitro benzene ring substituents is 1. The molecule has 5 rings (SSSR count). The van der Waals surface area contributed by atoms with Crippen LogP contribution in [-0.4, -0.2) is 95.4 Å². The summed E-state index contributed by atoms with van der Waals surface area (Å²) in [6.45, 7) is 6.55. The second kappa shape index (κ2) is 26.4. The van der Waals surface area contributed by atoms with Crippen molar-refractivity contribution in [1.29, 1.82) is 0 Å². The fourth-order valence-electron chi connectivity index (χ4n) is 8.59. The summed E-state index contributed by atoms with van der Waals surface area (Å²) in [6.07, 6.45) is 10.9. The number of pyridine rings is 3. The molecule has 1 aliphatic heterocycles. The molecule has 4 aromatic rings. The predicted molar refractivity (Wildman–Crippen MR) is 256 cm³/mol. The zero-order valence-electron chi connectivity index (χ0n) is 39.6. The Morgan fingerprint density at radius 3 is 2.10 bits per heavy atom.